The molecule has 104 valence electrons. The Morgan fingerprint density at radius 3 is 1.67 bits per heavy atom. The Labute approximate surface area is 104 Å². The van der Waals surface area contributed by atoms with Gasteiger partial charge in [0.15, 0.2) is 0 Å². The van der Waals surface area contributed by atoms with Crippen LogP contribution >= 0.6 is 8.25 Å². The average Bonchev–Trinajstić information content (AvgIpc) is 2.29. The second kappa shape index (κ2) is 11.0. The first-order valence-corrected chi connectivity index (χ1v) is 6.18. The van der Waals surface area contributed by atoms with Gasteiger partial charge in [-0.25, -0.2) is 0 Å². The Morgan fingerprint density at radius 1 is 0.944 bits per heavy atom. The standard InChI is InChI=1S/C8H15N2O7P/c11-5-9-7(13)1-3-16-18(15)17-4-2-8(14)10-6-12/h11-12H,1-6H2,(H-,9,10,13,14)/p+1. The summed E-state index contributed by atoms with van der Waals surface area (Å²) in [7, 11) is -2.40. The molecule has 4 N–H and O–H groups in total. The molecule has 0 aliphatic rings. The molecule has 0 heterocycles. The summed E-state index contributed by atoms with van der Waals surface area (Å²) in [5.74, 6) is -0.883. The Hall–Kier alpha value is -1.12. The normalized spacial score (nSPS) is 9.89. The van der Waals surface area contributed by atoms with Gasteiger partial charge in [0.1, 0.15) is 26.7 Å². The molecule has 0 saturated heterocycles. The second-order valence-electron chi connectivity index (χ2n) is 2.91. The number of nitrogens with one attached hydrogen (secondary N) is 2. The van der Waals surface area contributed by atoms with Crippen molar-refractivity contribution in [3.05, 3.63) is 0 Å². The first kappa shape index (κ1) is 16.9. The number of amides is 2. The van der Waals surface area contributed by atoms with Gasteiger partial charge in [-0.15, -0.1) is 9.05 Å². The predicted octanol–water partition coefficient (Wildman–Crippen LogP) is -1.41. The lowest BCUT2D eigenvalue weighted by atomic mass is 10.4. The highest BCUT2D eigenvalue weighted by atomic mass is 31.1. The largest absolute Gasteiger partial charge is 0.697 e. The van der Waals surface area contributed by atoms with Gasteiger partial charge in [-0.2, -0.15) is 0 Å². The van der Waals surface area contributed by atoms with Crippen LogP contribution < -0.4 is 10.6 Å². The number of hydrogen-bond acceptors (Lipinski definition) is 7. The van der Waals surface area contributed by atoms with Crippen LogP contribution in [0, 0.1) is 0 Å². The van der Waals surface area contributed by atoms with Gasteiger partial charge in [-0.3, -0.25) is 9.59 Å². The summed E-state index contributed by atoms with van der Waals surface area (Å²) in [5, 5.41) is 20.9. The molecule has 0 spiro atoms. The Balaban J connectivity index is 3.48. The highest BCUT2D eigenvalue weighted by Crippen LogP contribution is 2.23. The maximum atomic E-state index is 11.1. The van der Waals surface area contributed by atoms with E-state index < -0.39 is 33.5 Å². The minimum Gasteiger partial charge on any atom is -0.377 e. The van der Waals surface area contributed by atoms with E-state index in [4.69, 9.17) is 10.2 Å². The third kappa shape index (κ3) is 10.1. The van der Waals surface area contributed by atoms with Crippen molar-refractivity contribution in [1.29, 1.82) is 0 Å². The van der Waals surface area contributed by atoms with E-state index in [0.29, 0.717) is 0 Å². The zero-order valence-corrected chi connectivity index (χ0v) is 10.5. The highest BCUT2D eigenvalue weighted by molar-refractivity contribution is 7.33. The van der Waals surface area contributed by atoms with Crippen molar-refractivity contribution in [2.45, 2.75) is 12.8 Å². The minimum absolute atomic E-state index is 0.0595. The van der Waals surface area contributed by atoms with Crippen LogP contribution in [-0.4, -0.2) is 48.7 Å². The molecule has 0 aliphatic carbocycles. The number of aliphatic hydroxyl groups is 2. The number of hydrogen-bond donors (Lipinski definition) is 4. The molecule has 0 saturated carbocycles. The second-order valence-corrected chi connectivity index (χ2v) is 3.87. The molecule has 0 unspecified atom stereocenters. The van der Waals surface area contributed by atoms with Crippen LogP contribution in [0.5, 0.6) is 0 Å². The molecule has 18 heavy (non-hydrogen) atoms. The molecule has 0 aromatic rings. The lowest BCUT2D eigenvalue weighted by molar-refractivity contribution is -0.123. The van der Waals surface area contributed by atoms with Gasteiger partial charge >= 0.3 is 8.25 Å². The molecular weight excluding hydrogens is 267 g/mol. The summed E-state index contributed by atoms with van der Waals surface area (Å²) in [4.78, 5) is 21.7. The van der Waals surface area contributed by atoms with Crippen molar-refractivity contribution < 1.29 is 33.4 Å². The van der Waals surface area contributed by atoms with Crippen molar-refractivity contribution >= 4 is 20.1 Å². The molecular formula is C8H16N2O7P+. The molecule has 0 bridgehead atoms. The summed E-state index contributed by atoms with van der Waals surface area (Å²) in [6, 6.07) is 0. The van der Waals surface area contributed by atoms with Crippen molar-refractivity contribution in [3.63, 3.8) is 0 Å². The lowest BCUT2D eigenvalue weighted by Crippen LogP contribution is -2.25. The van der Waals surface area contributed by atoms with E-state index in [0.717, 1.165) is 0 Å². The molecule has 0 aliphatic heterocycles. The fourth-order valence-corrected chi connectivity index (χ4v) is 1.37. The fourth-order valence-electron chi connectivity index (χ4n) is 0.816. The summed E-state index contributed by atoms with van der Waals surface area (Å²) in [5.41, 5.74) is 0. The first-order valence-electron chi connectivity index (χ1n) is 5.08. The van der Waals surface area contributed by atoms with E-state index in [2.05, 4.69) is 19.7 Å². The molecule has 10 heteroatoms. The van der Waals surface area contributed by atoms with Crippen LogP contribution in [0.2, 0.25) is 0 Å². The number of carbonyl (C=O) groups excluding carboxylic acids is 2. The lowest BCUT2D eigenvalue weighted by Gasteiger charge is -1.98. The van der Waals surface area contributed by atoms with Crippen molar-refractivity contribution in [2.75, 3.05) is 26.7 Å². The molecule has 0 radical (unpaired) electrons. The van der Waals surface area contributed by atoms with Gasteiger partial charge in [-0.05, 0) is 0 Å². The number of rotatable bonds is 10. The summed E-state index contributed by atoms with van der Waals surface area (Å²) in [6.45, 7) is -1.18. The van der Waals surface area contributed by atoms with E-state index in [1.807, 2.05) is 0 Å². The van der Waals surface area contributed by atoms with Crippen molar-refractivity contribution in [3.8, 4) is 0 Å². The SMILES string of the molecule is O=C(CCO[P+](=O)OCCC(=O)NCO)NCO. The number of carbonyl (C=O) groups is 2. The third-order valence-corrected chi connectivity index (χ3v) is 2.39. The van der Waals surface area contributed by atoms with Gasteiger partial charge in [0.05, 0.1) is 12.8 Å². The molecule has 0 atom stereocenters. The maximum absolute atomic E-state index is 11.1. The number of aliphatic hydroxyl groups excluding tert-OH is 2. The maximum Gasteiger partial charge on any atom is 0.697 e. The van der Waals surface area contributed by atoms with Gasteiger partial charge in [0.25, 0.3) is 0 Å². The molecule has 2 amide bonds. The van der Waals surface area contributed by atoms with Crippen LogP contribution in [0.3, 0.4) is 0 Å². The van der Waals surface area contributed by atoms with Gasteiger partial charge in [0.2, 0.25) is 11.8 Å². The fraction of sp³-hybridized carbons (Fsp3) is 0.750. The van der Waals surface area contributed by atoms with E-state index in [1.54, 1.807) is 0 Å². The van der Waals surface area contributed by atoms with Gasteiger partial charge in [0, 0.05) is 4.57 Å². The average molecular weight is 283 g/mol. The summed E-state index contributed by atoms with van der Waals surface area (Å²) in [6.07, 6.45) is -0.119. The Bertz CT molecular complexity index is 261. The Kier molecular flexibility index (Phi) is 10.3. The summed E-state index contributed by atoms with van der Waals surface area (Å²) >= 11 is 0. The van der Waals surface area contributed by atoms with Gasteiger partial charge < -0.3 is 20.8 Å². The van der Waals surface area contributed by atoms with Crippen molar-refractivity contribution in [2.24, 2.45) is 0 Å². The van der Waals surface area contributed by atoms with E-state index in [9.17, 15) is 14.2 Å². The van der Waals surface area contributed by atoms with Crippen molar-refractivity contribution in [1.82, 2.24) is 10.6 Å². The van der Waals surface area contributed by atoms with Crippen LogP contribution in [0.4, 0.5) is 0 Å². The zero-order valence-electron chi connectivity index (χ0n) is 9.63. The molecule has 0 aromatic carbocycles. The van der Waals surface area contributed by atoms with Crippen LogP contribution in [0.15, 0.2) is 0 Å². The smallest absolute Gasteiger partial charge is 0.377 e. The van der Waals surface area contributed by atoms with Crippen LogP contribution in [0.25, 0.3) is 0 Å². The zero-order chi connectivity index (χ0) is 13.8. The van der Waals surface area contributed by atoms with Crippen LogP contribution in [-0.2, 0) is 23.2 Å². The van der Waals surface area contributed by atoms with E-state index in [1.165, 1.54) is 0 Å². The van der Waals surface area contributed by atoms with Crippen LogP contribution in [0.1, 0.15) is 12.8 Å². The van der Waals surface area contributed by atoms with E-state index in [-0.39, 0.29) is 26.1 Å². The minimum atomic E-state index is -2.40. The molecule has 0 fully saturated rings. The highest BCUT2D eigenvalue weighted by Gasteiger charge is 2.21. The summed E-state index contributed by atoms with van der Waals surface area (Å²) < 4.78 is 20.4. The monoisotopic (exact) mass is 283 g/mol. The first-order chi connectivity index (χ1) is 8.60. The third-order valence-electron chi connectivity index (χ3n) is 1.60. The quantitative estimate of drug-likeness (QED) is 0.286. The molecule has 0 rings (SSSR count). The Morgan fingerprint density at radius 2 is 1.33 bits per heavy atom. The topological polar surface area (TPSA) is 134 Å². The molecule has 9 nitrogen and oxygen atoms in total. The predicted molar refractivity (Wildman–Crippen MR) is 59.2 cm³/mol. The molecule has 0 aromatic heterocycles. The van der Waals surface area contributed by atoms with E-state index >= 15 is 0 Å². The van der Waals surface area contributed by atoms with Gasteiger partial charge in [-0.1, -0.05) is 0 Å².